The summed E-state index contributed by atoms with van der Waals surface area (Å²) in [6.07, 6.45) is 1.69. The highest BCUT2D eigenvalue weighted by atomic mass is 32.2. The molecule has 1 aliphatic rings. The number of aryl methyl sites for hydroxylation is 2. The Morgan fingerprint density at radius 2 is 2.00 bits per heavy atom. The minimum atomic E-state index is -0.406. The van der Waals surface area contributed by atoms with E-state index in [1.165, 1.54) is 11.3 Å². The molecule has 0 aliphatic carbocycles. The third-order valence-electron chi connectivity index (χ3n) is 3.69. The first kappa shape index (κ1) is 16.7. The maximum absolute atomic E-state index is 12.5. The van der Waals surface area contributed by atoms with E-state index in [1.807, 2.05) is 43.5 Å². The van der Waals surface area contributed by atoms with Crippen LogP contribution < -0.4 is 0 Å². The molecule has 3 rings (SSSR count). The lowest BCUT2D eigenvalue weighted by molar-refractivity contribution is -0.122. The number of imide groups is 1. The molecular weight excluding hydrogens is 342 g/mol. The summed E-state index contributed by atoms with van der Waals surface area (Å²) in [5.41, 5.74) is 2.36. The highest BCUT2D eigenvalue weighted by molar-refractivity contribution is 8.18. The quantitative estimate of drug-likeness (QED) is 0.605. The molecule has 0 N–H and O–H groups in total. The van der Waals surface area contributed by atoms with E-state index < -0.39 is 11.1 Å². The molecule has 0 spiro atoms. The molecule has 24 heavy (non-hydrogen) atoms. The lowest BCUT2D eigenvalue weighted by Crippen LogP contribution is -2.33. The van der Waals surface area contributed by atoms with Crippen molar-refractivity contribution in [1.82, 2.24) is 4.90 Å². The van der Waals surface area contributed by atoms with Crippen LogP contribution in [-0.4, -0.2) is 28.4 Å². The van der Waals surface area contributed by atoms with Gasteiger partial charge in [-0.05, 0) is 54.8 Å². The first-order chi connectivity index (χ1) is 11.5. The number of carbonyl (C=O) groups excluding carboxylic acids is 3. The predicted molar refractivity (Wildman–Crippen MR) is 97.2 cm³/mol. The van der Waals surface area contributed by atoms with Crippen LogP contribution in [0.25, 0.3) is 6.08 Å². The molecule has 122 valence electrons. The molecule has 0 unspecified atom stereocenters. The van der Waals surface area contributed by atoms with Gasteiger partial charge in [-0.15, -0.1) is 11.3 Å². The Morgan fingerprint density at radius 1 is 1.21 bits per heavy atom. The number of thiophene rings is 1. The van der Waals surface area contributed by atoms with Gasteiger partial charge >= 0.3 is 0 Å². The monoisotopic (exact) mass is 357 g/mol. The van der Waals surface area contributed by atoms with Gasteiger partial charge in [0.1, 0.15) is 0 Å². The van der Waals surface area contributed by atoms with Crippen LogP contribution in [0.3, 0.4) is 0 Å². The molecule has 0 radical (unpaired) electrons. The Bertz CT molecular complexity index is 853. The lowest BCUT2D eigenvalue weighted by Gasteiger charge is -2.13. The summed E-state index contributed by atoms with van der Waals surface area (Å²) < 4.78 is 0. The van der Waals surface area contributed by atoms with Gasteiger partial charge in [-0.1, -0.05) is 23.8 Å². The highest BCUT2D eigenvalue weighted by Crippen LogP contribution is 2.33. The fraction of sp³-hybridized carbons (Fsp3) is 0.167. The van der Waals surface area contributed by atoms with Crippen molar-refractivity contribution < 1.29 is 14.4 Å². The summed E-state index contributed by atoms with van der Waals surface area (Å²) >= 11 is 2.37. The van der Waals surface area contributed by atoms with E-state index in [0.29, 0.717) is 10.5 Å². The molecule has 2 amide bonds. The van der Waals surface area contributed by atoms with Crippen LogP contribution in [0.2, 0.25) is 0 Å². The van der Waals surface area contributed by atoms with Gasteiger partial charge in [-0.25, -0.2) is 0 Å². The molecular formula is C18H15NO3S2. The number of nitrogens with zero attached hydrogens (tertiary/aromatic N) is 1. The van der Waals surface area contributed by atoms with Crippen molar-refractivity contribution in [2.75, 3.05) is 6.54 Å². The van der Waals surface area contributed by atoms with Crippen molar-refractivity contribution in [3.8, 4) is 0 Å². The van der Waals surface area contributed by atoms with Gasteiger partial charge < -0.3 is 0 Å². The smallest absolute Gasteiger partial charge is 0.292 e. The Morgan fingerprint density at radius 3 is 2.71 bits per heavy atom. The normalized spacial score (nSPS) is 16.2. The van der Waals surface area contributed by atoms with Crippen molar-refractivity contribution in [2.45, 2.75) is 13.8 Å². The summed E-state index contributed by atoms with van der Waals surface area (Å²) in [7, 11) is 0. The standard InChI is InChI=1S/C18H15NO3S2/c1-11-5-6-12(2)14(8-11)15(20)10-19-17(21)16(24-18(19)22)9-13-4-3-7-23-13/h3-9H,10H2,1-2H3/b16-9-. The number of hydrogen-bond acceptors (Lipinski definition) is 5. The average molecular weight is 357 g/mol. The van der Waals surface area contributed by atoms with Gasteiger partial charge in [0.05, 0.1) is 11.4 Å². The second-order valence-corrected chi connectivity index (χ2v) is 7.50. The van der Waals surface area contributed by atoms with Crippen molar-refractivity contribution in [1.29, 1.82) is 0 Å². The predicted octanol–water partition coefficient (Wildman–Crippen LogP) is 4.28. The average Bonchev–Trinajstić information content (AvgIpc) is 3.14. The zero-order chi connectivity index (χ0) is 17.3. The number of carbonyl (C=O) groups is 3. The maximum Gasteiger partial charge on any atom is 0.293 e. The van der Waals surface area contributed by atoms with E-state index in [1.54, 1.807) is 12.1 Å². The number of rotatable bonds is 4. The molecule has 0 saturated carbocycles. The molecule has 4 nitrogen and oxygen atoms in total. The number of hydrogen-bond donors (Lipinski definition) is 0. The molecule has 1 aliphatic heterocycles. The topological polar surface area (TPSA) is 54.5 Å². The first-order valence-corrected chi connectivity index (χ1v) is 9.04. The van der Waals surface area contributed by atoms with Crippen molar-refractivity contribution in [3.05, 3.63) is 62.2 Å². The largest absolute Gasteiger partial charge is 0.293 e. The summed E-state index contributed by atoms with van der Waals surface area (Å²) in [4.78, 5) is 39.3. The molecule has 0 atom stereocenters. The van der Waals surface area contributed by atoms with Gasteiger partial charge in [0.25, 0.3) is 11.1 Å². The molecule has 2 heterocycles. The van der Waals surface area contributed by atoms with Crippen LogP contribution in [0.4, 0.5) is 4.79 Å². The summed E-state index contributed by atoms with van der Waals surface area (Å²) in [5, 5.41) is 1.50. The Kier molecular flexibility index (Phi) is 4.69. The number of benzene rings is 1. The molecule has 1 aromatic carbocycles. The van der Waals surface area contributed by atoms with Crippen molar-refractivity contribution in [2.24, 2.45) is 0 Å². The molecule has 2 aromatic rings. The van der Waals surface area contributed by atoms with Crippen LogP contribution in [-0.2, 0) is 4.79 Å². The Balaban J connectivity index is 1.80. The van der Waals surface area contributed by atoms with E-state index in [-0.39, 0.29) is 12.3 Å². The zero-order valence-corrected chi connectivity index (χ0v) is 14.9. The third kappa shape index (κ3) is 3.34. The van der Waals surface area contributed by atoms with Crippen LogP contribution in [0.1, 0.15) is 26.4 Å². The second kappa shape index (κ2) is 6.75. The van der Waals surface area contributed by atoms with Crippen LogP contribution in [0.5, 0.6) is 0 Å². The van der Waals surface area contributed by atoms with Crippen LogP contribution >= 0.6 is 23.1 Å². The molecule has 1 fully saturated rings. The Labute approximate surface area is 148 Å². The molecule has 1 aromatic heterocycles. The van der Waals surface area contributed by atoms with Gasteiger partial charge in [0.15, 0.2) is 5.78 Å². The first-order valence-electron chi connectivity index (χ1n) is 7.35. The number of ketones is 1. The fourth-order valence-corrected chi connectivity index (χ4v) is 3.96. The number of Topliss-reactive ketones (excluding diaryl/α,β-unsaturated/α-hetero) is 1. The molecule has 6 heteroatoms. The van der Waals surface area contributed by atoms with E-state index in [9.17, 15) is 14.4 Å². The van der Waals surface area contributed by atoms with Gasteiger partial charge in [0, 0.05) is 10.4 Å². The van der Waals surface area contributed by atoms with E-state index >= 15 is 0 Å². The lowest BCUT2D eigenvalue weighted by atomic mass is 10.0. The zero-order valence-electron chi connectivity index (χ0n) is 13.2. The summed E-state index contributed by atoms with van der Waals surface area (Å²) in [6.45, 7) is 3.52. The van der Waals surface area contributed by atoms with E-state index in [2.05, 4.69) is 0 Å². The van der Waals surface area contributed by atoms with Crippen molar-refractivity contribution >= 4 is 46.1 Å². The fourth-order valence-electron chi connectivity index (χ4n) is 2.40. The minimum absolute atomic E-state index is 0.225. The van der Waals surface area contributed by atoms with Crippen LogP contribution in [0.15, 0.2) is 40.6 Å². The van der Waals surface area contributed by atoms with Gasteiger partial charge in [-0.3, -0.25) is 19.3 Å². The molecule has 1 saturated heterocycles. The van der Waals surface area contributed by atoms with Crippen LogP contribution in [0, 0.1) is 13.8 Å². The number of amides is 2. The SMILES string of the molecule is Cc1ccc(C)c(C(=O)CN2C(=O)S/C(=C\c3cccs3)C2=O)c1. The second-order valence-electron chi connectivity index (χ2n) is 5.52. The third-order valence-corrected chi connectivity index (χ3v) is 5.41. The molecule has 0 bridgehead atoms. The Hall–Kier alpha value is -2.18. The van der Waals surface area contributed by atoms with Crippen molar-refractivity contribution in [3.63, 3.8) is 0 Å². The summed E-state index contributed by atoms with van der Waals surface area (Å²) in [6, 6.07) is 9.34. The minimum Gasteiger partial charge on any atom is -0.292 e. The van der Waals surface area contributed by atoms with Gasteiger partial charge in [-0.2, -0.15) is 0 Å². The maximum atomic E-state index is 12.5. The number of thioether (sulfide) groups is 1. The van der Waals surface area contributed by atoms with E-state index in [0.717, 1.165) is 32.7 Å². The summed E-state index contributed by atoms with van der Waals surface area (Å²) in [5.74, 6) is -0.632. The van der Waals surface area contributed by atoms with Gasteiger partial charge in [0.2, 0.25) is 0 Å². The van der Waals surface area contributed by atoms with E-state index in [4.69, 9.17) is 0 Å². The highest BCUT2D eigenvalue weighted by Gasteiger charge is 2.36.